The van der Waals surface area contributed by atoms with Gasteiger partial charge in [0.1, 0.15) is 20.1 Å². The molecule has 2 aliphatic rings. The van der Waals surface area contributed by atoms with Gasteiger partial charge in [-0.3, -0.25) is 0 Å². The molecule has 1 unspecified atom stereocenters. The fourth-order valence-electron chi connectivity index (χ4n) is 1.36. The summed E-state index contributed by atoms with van der Waals surface area (Å²) in [7, 11) is 5.08. The Morgan fingerprint density at radius 2 is 2.18 bits per heavy atom. The second kappa shape index (κ2) is 1.74. The van der Waals surface area contributed by atoms with Gasteiger partial charge in [-0.25, -0.2) is 4.39 Å². The molecule has 2 N–H and O–H groups in total. The molecule has 1 saturated heterocycles. The van der Waals surface area contributed by atoms with Crippen molar-refractivity contribution in [2.45, 2.75) is 28.9 Å². The molecule has 1 aliphatic carbocycles. The van der Waals surface area contributed by atoms with Crippen LogP contribution in [-0.4, -0.2) is 47.0 Å². The van der Waals surface area contributed by atoms with Gasteiger partial charge in [0.15, 0.2) is 5.60 Å². The predicted molar refractivity (Wildman–Crippen MR) is 35.1 cm³/mol. The summed E-state index contributed by atoms with van der Waals surface area (Å²) >= 11 is 5.22. The third-order valence-corrected chi connectivity index (χ3v) is 2.76. The Bertz CT molecular complexity index is 211. The first kappa shape index (κ1) is 7.80. The Labute approximate surface area is 68.5 Å². The Kier molecular flexibility index (Phi) is 1.23. The smallest absolute Gasteiger partial charge is 0.234 e. The molecule has 3 nitrogen and oxygen atoms in total. The van der Waals surface area contributed by atoms with Crippen LogP contribution in [0.15, 0.2) is 0 Å². The highest BCUT2D eigenvalue weighted by Gasteiger charge is 2.83. The average molecular weight is 178 g/mol. The topological polar surface area (TPSA) is 49.7 Å². The molecule has 2 rings (SSSR count). The first-order valence-electron chi connectivity index (χ1n) is 3.11. The van der Waals surface area contributed by atoms with E-state index in [1.54, 1.807) is 0 Å². The van der Waals surface area contributed by atoms with Crippen LogP contribution in [0, 0.1) is 0 Å². The number of aliphatic hydroxyl groups is 2. The second-order valence-corrected chi connectivity index (χ2v) is 3.42. The van der Waals surface area contributed by atoms with Crippen molar-refractivity contribution in [2.24, 2.45) is 0 Å². The second-order valence-electron chi connectivity index (χ2n) is 2.87. The quantitative estimate of drug-likeness (QED) is 0.365. The SMILES string of the molecule is [B][C@@H]1O[C@@H]2C(O)[C@]2(O)[C@]1(F)Cl. The number of ether oxygens (including phenoxy) is 1. The molecule has 11 heavy (non-hydrogen) atoms. The summed E-state index contributed by atoms with van der Waals surface area (Å²) in [6, 6.07) is -1.37. The summed E-state index contributed by atoms with van der Waals surface area (Å²) in [5, 5.41) is 15.6. The zero-order chi connectivity index (χ0) is 8.44. The van der Waals surface area contributed by atoms with Crippen molar-refractivity contribution < 1.29 is 19.3 Å². The van der Waals surface area contributed by atoms with Crippen LogP contribution in [0.4, 0.5) is 4.39 Å². The van der Waals surface area contributed by atoms with Gasteiger partial charge in [-0.1, -0.05) is 11.6 Å². The molecule has 60 valence electrons. The number of halogens is 2. The number of hydrogen-bond donors (Lipinski definition) is 2. The number of hydrogen-bond acceptors (Lipinski definition) is 3. The van der Waals surface area contributed by atoms with Crippen LogP contribution >= 0.6 is 11.6 Å². The lowest BCUT2D eigenvalue weighted by Gasteiger charge is -2.23. The van der Waals surface area contributed by atoms with Gasteiger partial charge in [0.05, 0.1) is 6.00 Å². The largest absolute Gasteiger partial charge is 0.387 e. The molecule has 2 fully saturated rings. The molecular formula is C5H5BClFO3. The summed E-state index contributed by atoms with van der Waals surface area (Å²) in [5.74, 6) is 0. The van der Waals surface area contributed by atoms with Crippen molar-refractivity contribution in [1.29, 1.82) is 0 Å². The van der Waals surface area contributed by atoms with Gasteiger partial charge >= 0.3 is 0 Å². The monoisotopic (exact) mass is 178 g/mol. The molecule has 0 amide bonds. The number of rotatable bonds is 0. The Morgan fingerprint density at radius 1 is 1.64 bits per heavy atom. The van der Waals surface area contributed by atoms with Gasteiger partial charge in [0, 0.05) is 0 Å². The summed E-state index contributed by atoms with van der Waals surface area (Å²) in [5.41, 5.74) is -2.01. The van der Waals surface area contributed by atoms with Crippen molar-refractivity contribution in [2.75, 3.05) is 0 Å². The van der Waals surface area contributed by atoms with E-state index in [1.165, 1.54) is 0 Å². The van der Waals surface area contributed by atoms with Gasteiger partial charge in [0.2, 0.25) is 5.13 Å². The van der Waals surface area contributed by atoms with E-state index in [9.17, 15) is 9.50 Å². The molecule has 0 aromatic rings. The minimum atomic E-state index is -2.57. The molecule has 5 atom stereocenters. The summed E-state index contributed by atoms with van der Waals surface area (Å²) in [4.78, 5) is 0. The van der Waals surface area contributed by atoms with Crippen LogP contribution < -0.4 is 0 Å². The number of aliphatic hydroxyl groups excluding tert-OH is 1. The zero-order valence-corrected chi connectivity index (χ0v) is 6.12. The molecule has 0 bridgehead atoms. The molecule has 2 radical (unpaired) electrons. The minimum Gasteiger partial charge on any atom is -0.387 e. The highest BCUT2D eigenvalue weighted by Crippen LogP contribution is 2.59. The van der Waals surface area contributed by atoms with E-state index in [4.69, 9.17) is 24.6 Å². The van der Waals surface area contributed by atoms with Crippen LogP contribution in [0.1, 0.15) is 0 Å². The highest BCUT2D eigenvalue weighted by atomic mass is 35.5. The van der Waals surface area contributed by atoms with Crippen molar-refractivity contribution in [3.8, 4) is 0 Å². The predicted octanol–water partition coefficient (Wildman–Crippen LogP) is -1.11. The highest BCUT2D eigenvalue weighted by molar-refractivity contribution is 6.30. The maximum absolute atomic E-state index is 13.2. The first-order chi connectivity index (χ1) is 4.92. The maximum Gasteiger partial charge on any atom is 0.234 e. The van der Waals surface area contributed by atoms with Gasteiger partial charge in [0.25, 0.3) is 0 Å². The molecule has 1 saturated carbocycles. The molecular weight excluding hydrogens is 173 g/mol. The molecule has 0 aromatic heterocycles. The van der Waals surface area contributed by atoms with Crippen LogP contribution in [-0.2, 0) is 4.74 Å². The third kappa shape index (κ3) is 0.616. The first-order valence-corrected chi connectivity index (χ1v) is 3.49. The van der Waals surface area contributed by atoms with Gasteiger partial charge in [-0.15, -0.1) is 0 Å². The van der Waals surface area contributed by atoms with Crippen LogP contribution in [0.5, 0.6) is 0 Å². The van der Waals surface area contributed by atoms with Crippen molar-refractivity contribution in [3.05, 3.63) is 0 Å². The lowest BCUT2D eigenvalue weighted by molar-refractivity contribution is -0.0223. The Balaban J connectivity index is 2.32. The van der Waals surface area contributed by atoms with E-state index in [1.807, 2.05) is 0 Å². The Hall–Kier alpha value is 0.165. The van der Waals surface area contributed by atoms with Gasteiger partial charge < -0.3 is 14.9 Å². The number of alkyl halides is 2. The average Bonchev–Trinajstić information content (AvgIpc) is 2.35. The third-order valence-electron chi connectivity index (χ3n) is 2.25. The Morgan fingerprint density at radius 3 is 2.45 bits per heavy atom. The van der Waals surface area contributed by atoms with E-state index < -0.39 is 28.9 Å². The molecule has 1 heterocycles. The lowest BCUT2D eigenvalue weighted by atomic mass is 9.92. The molecule has 6 heteroatoms. The summed E-state index contributed by atoms with van der Waals surface area (Å²) in [6.45, 7) is 0. The van der Waals surface area contributed by atoms with Crippen molar-refractivity contribution in [1.82, 2.24) is 0 Å². The maximum atomic E-state index is 13.2. The number of fused-ring (bicyclic) bond motifs is 1. The van der Waals surface area contributed by atoms with Gasteiger partial charge in [-0.05, 0) is 0 Å². The fourth-order valence-corrected chi connectivity index (χ4v) is 1.63. The van der Waals surface area contributed by atoms with Crippen molar-refractivity contribution in [3.63, 3.8) is 0 Å². The standard InChI is InChI=1S/C5H5BClFO3/c6-3-5(7,8)4(10)1(9)2(4)11-3/h1-3,9-10H/t1?,2-,3-,4-,5+/m1/s1. The lowest BCUT2D eigenvalue weighted by Crippen LogP contribution is -2.44. The van der Waals surface area contributed by atoms with Crippen LogP contribution in [0.3, 0.4) is 0 Å². The molecule has 0 spiro atoms. The molecule has 0 aromatic carbocycles. The van der Waals surface area contributed by atoms with Crippen LogP contribution in [0.2, 0.25) is 0 Å². The normalized spacial score (nSPS) is 67.8. The molecule has 1 aliphatic heterocycles. The van der Waals surface area contributed by atoms with E-state index in [-0.39, 0.29) is 0 Å². The minimum absolute atomic E-state index is 0.972. The zero-order valence-electron chi connectivity index (χ0n) is 5.37. The summed E-state index contributed by atoms with van der Waals surface area (Å²) in [6.07, 6.45) is -2.23. The fraction of sp³-hybridized carbons (Fsp3) is 1.00. The van der Waals surface area contributed by atoms with Crippen LogP contribution in [0.25, 0.3) is 0 Å². The van der Waals surface area contributed by atoms with E-state index in [0.717, 1.165) is 0 Å². The van der Waals surface area contributed by atoms with Crippen molar-refractivity contribution >= 4 is 19.4 Å². The van der Waals surface area contributed by atoms with E-state index >= 15 is 0 Å². The van der Waals surface area contributed by atoms with E-state index in [0.29, 0.717) is 0 Å². The van der Waals surface area contributed by atoms with Gasteiger partial charge in [-0.2, -0.15) is 0 Å². The van der Waals surface area contributed by atoms with E-state index in [2.05, 4.69) is 4.74 Å². The summed E-state index contributed by atoms with van der Waals surface area (Å²) < 4.78 is 17.8.